The minimum absolute atomic E-state index is 0.124. The average molecular weight is 763 g/mol. The first-order valence-corrected chi connectivity index (χ1v) is 14.5. The summed E-state index contributed by atoms with van der Waals surface area (Å²) in [6, 6.07) is 0. The molecule has 0 heterocycles. The highest BCUT2D eigenvalue weighted by atomic mass is 32.2. The maximum Gasteiger partial charge on any atom is 0.460 e. The van der Waals surface area contributed by atoms with Crippen LogP contribution in [0.15, 0.2) is 0 Å². The zero-order chi connectivity index (χ0) is 36.8. The van der Waals surface area contributed by atoms with Crippen LogP contribution in [0.3, 0.4) is 0 Å². The second-order valence-corrected chi connectivity index (χ2v) is 11.9. The number of hydrogen-bond acceptors (Lipinski definition) is 8. The van der Waals surface area contributed by atoms with E-state index in [0.29, 0.717) is 0 Å². The molecule has 0 spiro atoms. The fourth-order valence-corrected chi connectivity index (χ4v) is 4.08. The monoisotopic (exact) mass is 762 g/mol. The van der Waals surface area contributed by atoms with Crippen molar-refractivity contribution in [3.05, 3.63) is 0 Å². The van der Waals surface area contributed by atoms with Gasteiger partial charge in [-0.2, -0.15) is 78.7 Å². The quantitative estimate of drug-likeness (QED) is 0.0346. The Morgan fingerprint density at radius 1 is 0.609 bits per heavy atom. The van der Waals surface area contributed by atoms with E-state index in [0.717, 1.165) is 0 Å². The van der Waals surface area contributed by atoms with Crippen LogP contribution in [0.5, 0.6) is 0 Å². The summed E-state index contributed by atoms with van der Waals surface area (Å²) in [6.07, 6.45) is -32.7. The lowest BCUT2D eigenvalue weighted by Crippen LogP contribution is -2.55. The number of ether oxygens (including phenoxy) is 2. The minimum atomic E-state index is -7.13. The number of alkyl halides is 16. The first-order valence-electron chi connectivity index (χ1n) is 12.4. The maximum atomic E-state index is 14.1. The first-order chi connectivity index (χ1) is 20.3. The van der Waals surface area contributed by atoms with Gasteiger partial charge in [0.2, 0.25) is 0 Å². The van der Waals surface area contributed by atoms with Crippen LogP contribution in [0.4, 0.5) is 70.2 Å². The summed E-state index contributed by atoms with van der Waals surface area (Å²) in [5.74, 6) is -13.3. The first kappa shape index (κ1) is 44.9. The Morgan fingerprint density at radius 3 is 1.26 bits per heavy atom. The molecule has 46 heavy (non-hydrogen) atoms. The van der Waals surface area contributed by atoms with Crippen LogP contribution in [-0.4, -0.2) is 65.0 Å². The van der Waals surface area contributed by atoms with E-state index in [9.17, 15) is 78.7 Å². The van der Waals surface area contributed by atoms with Crippen molar-refractivity contribution in [3.63, 3.8) is 0 Å². The number of hydrogen-bond donors (Lipinski definition) is 2. The lowest BCUT2D eigenvalue weighted by Gasteiger charge is -2.32. The maximum absolute atomic E-state index is 14.1. The molecule has 0 radical (unpaired) electrons. The Hall–Kier alpha value is -1.06. The molecule has 278 valence electrons. The van der Waals surface area contributed by atoms with Crippen molar-refractivity contribution in [1.82, 2.24) is 0 Å². The third-order valence-corrected chi connectivity index (χ3v) is 7.87. The van der Waals surface area contributed by atoms with Gasteiger partial charge in [0.1, 0.15) is 12.0 Å². The topological polar surface area (TPSA) is 112 Å². The number of halogens is 16. The van der Waals surface area contributed by atoms with Gasteiger partial charge >= 0.3 is 56.9 Å². The summed E-state index contributed by atoms with van der Waals surface area (Å²) in [6.45, 7) is 2.57. The van der Waals surface area contributed by atoms with Crippen LogP contribution in [0.2, 0.25) is 0 Å². The Kier molecular flexibility index (Phi) is 15.3. The second-order valence-electron chi connectivity index (χ2n) is 9.62. The Labute approximate surface area is 253 Å². The standard InChI is InChI=1S/C20H26F16O8S2/c1-3-11(7-9-13(21,22)15(25,26)41-17(29,30)19(33,34)45-44-43-37)5-6-12(4-2)8-10-14(23,24)16(27,28)42-18(31,32)20(35,36)46(38,39)40/h11-12,37H,3-10H2,1-2H3,(H,38,39,40). The fourth-order valence-electron chi connectivity index (χ4n) is 3.49. The van der Waals surface area contributed by atoms with E-state index >= 15 is 0 Å². The van der Waals surface area contributed by atoms with Crippen LogP contribution in [-0.2, 0) is 29.0 Å². The van der Waals surface area contributed by atoms with Gasteiger partial charge in [-0.05, 0) is 24.7 Å². The van der Waals surface area contributed by atoms with Crippen molar-refractivity contribution in [3.8, 4) is 0 Å². The van der Waals surface area contributed by atoms with E-state index in [2.05, 4.69) is 18.8 Å². The van der Waals surface area contributed by atoms with Gasteiger partial charge in [-0.3, -0.25) is 4.55 Å². The summed E-state index contributed by atoms with van der Waals surface area (Å²) in [5.41, 5.74) is 0. The minimum Gasteiger partial charge on any atom is -0.281 e. The zero-order valence-electron chi connectivity index (χ0n) is 23.0. The van der Waals surface area contributed by atoms with Gasteiger partial charge in [-0.25, -0.2) is 14.7 Å². The Balaban J connectivity index is 5.39. The lowest BCUT2D eigenvalue weighted by atomic mass is 9.86. The highest BCUT2D eigenvalue weighted by Gasteiger charge is 2.74. The molecule has 0 aliphatic heterocycles. The molecule has 2 N–H and O–H groups in total. The largest absolute Gasteiger partial charge is 0.460 e. The normalized spacial score (nSPS) is 16.5. The van der Waals surface area contributed by atoms with Gasteiger partial charge in [0.05, 0.1) is 0 Å². The zero-order valence-corrected chi connectivity index (χ0v) is 24.7. The third kappa shape index (κ3) is 11.2. The van der Waals surface area contributed by atoms with E-state index < -0.39 is 106 Å². The van der Waals surface area contributed by atoms with Crippen LogP contribution in [0, 0.1) is 11.8 Å². The molecule has 0 aromatic heterocycles. The van der Waals surface area contributed by atoms with Gasteiger partial charge in [0.15, 0.2) is 0 Å². The highest BCUT2D eigenvalue weighted by molar-refractivity contribution is 7.95. The summed E-state index contributed by atoms with van der Waals surface area (Å²) < 4.78 is 254. The Morgan fingerprint density at radius 2 is 0.957 bits per heavy atom. The van der Waals surface area contributed by atoms with Gasteiger partial charge in [-0.15, -0.1) is 4.33 Å². The summed E-state index contributed by atoms with van der Waals surface area (Å²) in [7, 11) is -7.13. The summed E-state index contributed by atoms with van der Waals surface area (Å²) in [4.78, 5) is 0. The third-order valence-electron chi connectivity index (χ3n) is 6.41. The molecule has 26 heteroatoms. The molecule has 8 nitrogen and oxygen atoms in total. The van der Waals surface area contributed by atoms with Crippen molar-refractivity contribution in [2.45, 2.75) is 112 Å². The molecule has 0 rings (SSSR count). The van der Waals surface area contributed by atoms with E-state index in [1.54, 1.807) is 0 Å². The molecule has 0 aromatic rings. The molecule has 2 unspecified atom stereocenters. The summed E-state index contributed by atoms with van der Waals surface area (Å²) >= 11 is -1.77. The molecule has 0 bridgehead atoms. The second kappa shape index (κ2) is 15.7. The summed E-state index contributed by atoms with van der Waals surface area (Å²) in [5, 5.41) is -2.28. The molecular formula is C20H26F16O8S2. The van der Waals surface area contributed by atoms with Crippen LogP contribution in [0.1, 0.15) is 65.2 Å². The highest BCUT2D eigenvalue weighted by Crippen LogP contribution is 2.51. The van der Waals surface area contributed by atoms with Gasteiger partial charge < -0.3 is 0 Å². The van der Waals surface area contributed by atoms with Crippen molar-refractivity contribution >= 4 is 22.2 Å². The molecule has 0 saturated carbocycles. The molecule has 0 saturated heterocycles. The van der Waals surface area contributed by atoms with E-state index in [4.69, 9.17) is 9.81 Å². The van der Waals surface area contributed by atoms with Crippen LogP contribution in [0.25, 0.3) is 0 Å². The molecule has 0 fully saturated rings. The van der Waals surface area contributed by atoms with Gasteiger partial charge in [-0.1, -0.05) is 44.6 Å². The SMILES string of the molecule is CCC(CCC(CC)CCC(F)(F)C(F)(F)OC(F)(F)C(F)(F)S(=O)(=O)O)CCC(F)(F)C(F)(F)OC(F)(F)C(F)(F)SOOO. The average Bonchev–Trinajstić information content (AvgIpc) is 2.86. The molecular weight excluding hydrogens is 736 g/mol. The fraction of sp³-hybridized carbons (Fsp3) is 1.00. The molecule has 0 amide bonds. The van der Waals surface area contributed by atoms with Crippen LogP contribution >= 0.6 is 12.0 Å². The van der Waals surface area contributed by atoms with Crippen molar-refractivity contribution in [1.29, 1.82) is 0 Å². The molecule has 2 atom stereocenters. The van der Waals surface area contributed by atoms with E-state index in [1.165, 1.54) is 13.8 Å². The predicted molar refractivity (Wildman–Crippen MR) is 121 cm³/mol. The van der Waals surface area contributed by atoms with Crippen molar-refractivity contribution in [2.75, 3.05) is 0 Å². The molecule has 0 aromatic carbocycles. The predicted octanol–water partition coefficient (Wildman–Crippen LogP) is 9.20. The van der Waals surface area contributed by atoms with E-state index in [-0.39, 0.29) is 25.7 Å². The van der Waals surface area contributed by atoms with Crippen molar-refractivity contribution in [2.24, 2.45) is 11.8 Å². The Bertz CT molecular complexity index is 1060. The molecule has 0 aliphatic rings. The van der Waals surface area contributed by atoms with Gasteiger partial charge in [0.25, 0.3) is 0 Å². The lowest BCUT2D eigenvalue weighted by molar-refractivity contribution is -0.461. The van der Waals surface area contributed by atoms with Crippen LogP contribution < -0.4 is 0 Å². The van der Waals surface area contributed by atoms with Gasteiger partial charge in [0, 0.05) is 12.8 Å². The number of rotatable bonds is 23. The molecule has 0 aliphatic carbocycles. The van der Waals surface area contributed by atoms with Crippen molar-refractivity contribution < 1.29 is 107 Å². The van der Waals surface area contributed by atoms with E-state index in [1.807, 2.05) is 0 Å². The smallest absolute Gasteiger partial charge is 0.281 e.